The highest BCUT2D eigenvalue weighted by molar-refractivity contribution is 5.89. The lowest BCUT2D eigenvalue weighted by atomic mass is 9.95. The molecule has 1 aromatic heterocycles. The molecule has 1 aliphatic heterocycles. The second-order valence-electron chi connectivity index (χ2n) is 5.94. The number of hydrogen-bond donors (Lipinski definition) is 2. The number of nitrogens with one attached hydrogen (secondary N) is 2. The number of benzene rings is 1. The van der Waals surface area contributed by atoms with Crippen LogP contribution < -0.4 is 10.1 Å². The van der Waals surface area contributed by atoms with Crippen molar-refractivity contribution in [1.29, 1.82) is 0 Å². The molecule has 108 valence electrons. The molecule has 0 spiro atoms. The maximum Gasteiger partial charge on any atom is 0.122 e. The number of hydrogen-bond acceptors (Lipinski definition) is 2. The summed E-state index contributed by atoms with van der Waals surface area (Å²) in [5.41, 5.74) is 5.28. The van der Waals surface area contributed by atoms with Gasteiger partial charge >= 0.3 is 0 Å². The van der Waals surface area contributed by atoms with Crippen molar-refractivity contribution < 1.29 is 4.74 Å². The Balaban J connectivity index is 1.93. The standard InChI is InChI=1S/C17H24N2O/c1-11-16(20-3)7-6-15-17(11)14(12(2)19-15)5-4-13-8-9-18-10-13/h6-7,13,18-19H,4-5,8-10H2,1-3H3. The molecule has 0 saturated carbocycles. The van der Waals surface area contributed by atoms with Crippen molar-refractivity contribution in [2.45, 2.75) is 33.1 Å². The van der Waals surface area contributed by atoms with Gasteiger partial charge in [0.25, 0.3) is 0 Å². The monoisotopic (exact) mass is 272 g/mol. The smallest absolute Gasteiger partial charge is 0.122 e. The highest BCUT2D eigenvalue weighted by Gasteiger charge is 2.18. The second kappa shape index (κ2) is 5.49. The molecule has 2 aromatic rings. The largest absolute Gasteiger partial charge is 0.496 e. The van der Waals surface area contributed by atoms with Gasteiger partial charge in [0, 0.05) is 22.2 Å². The summed E-state index contributed by atoms with van der Waals surface area (Å²) in [6.07, 6.45) is 3.76. The lowest BCUT2D eigenvalue weighted by Gasteiger charge is -2.10. The fourth-order valence-corrected chi connectivity index (χ4v) is 3.49. The zero-order valence-corrected chi connectivity index (χ0v) is 12.7. The number of aromatic amines is 1. The summed E-state index contributed by atoms with van der Waals surface area (Å²) in [6.45, 7) is 6.72. The molecule has 1 aliphatic rings. The summed E-state index contributed by atoms with van der Waals surface area (Å²) < 4.78 is 5.47. The van der Waals surface area contributed by atoms with Gasteiger partial charge in [-0.2, -0.15) is 0 Å². The fourth-order valence-electron chi connectivity index (χ4n) is 3.49. The van der Waals surface area contributed by atoms with Gasteiger partial charge in [-0.1, -0.05) is 0 Å². The van der Waals surface area contributed by atoms with E-state index < -0.39 is 0 Å². The van der Waals surface area contributed by atoms with Gasteiger partial charge in [0.05, 0.1) is 7.11 Å². The average molecular weight is 272 g/mol. The molecule has 1 saturated heterocycles. The molecule has 3 rings (SSSR count). The van der Waals surface area contributed by atoms with E-state index in [2.05, 4.69) is 36.3 Å². The third kappa shape index (κ3) is 2.31. The summed E-state index contributed by atoms with van der Waals surface area (Å²) in [5.74, 6) is 1.82. The van der Waals surface area contributed by atoms with Crippen LogP contribution in [-0.4, -0.2) is 25.2 Å². The van der Waals surface area contributed by atoms with Crippen LogP contribution in [0.4, 0.5) is 0 Å². The molecule has 3 heteroatoms. The van der Waals surface area contributed by atoms with Gasteiger partial charge in [0.2, 0.25) is 0 Å². The van der Waals surface area contributed by atoms with E-state index >= 15 is 0 Å². The lowest BCUT2D eigenvalue weighted by molar-refractivity contribution is 0.412. The first-order valence-corrected chi connectivity index (χ1v) is 7.56. The Labute approximate surface area is 120 Å². The first-order chi connectivity index (χ1) is 9.70. The molecule has 3 nitrogen and oxygen atoms in total. The summed E-state index contributed by atoms with van der Waals surface area (Å²) in [7, 11) is 1.75. The molecule has 1 atom stereocenters. The van der Waals surface area contributed by atoms with Crippen LogP contribution in [0.1, 0.15) is 29.7 Å². The fraction of sp³-hybridized carbons (Fsp3) is 0.529. The van der Waals surface area contributed by atoms with E-state index in [0.717, 1.165) is 18.1 Å². The Morgan fingerprint density at radius 1 is 1.30 bits per heavy atom. The maximum atomic E-state index is 5.47. The first-order valence-electron chi connectivity index (χ1n) is 7.56. The third-order valence-electron chi connectivity index (χ3n) is 4.68. The molecule has 0 amide bonds. The molecule has 0 aliphatic carbocycles. The van der Waals surface area contributed by atoms with Crippen molar-refractivity contribution in [3.8, 4) is 5.75 Å². The Bertz CT molecular complexity index is 609. The van der Waals surface area contributed by atoms with E-state index in [1.807, 2.05) is 0 Å². The van der Waals surface area contributed by atoms with Gasteiger partial charge < -0.3 is 15.0 Å². The number of fused-ring (bicyclic) bond motifs is 1. The van der Waals surface area contributed by atoms with Crippen LogP contribution in [0.2, 0.25) is 0 Å². The first kappa shape index (κ1) is 13.5. The normalized spacial score (nSPS) is 18.9. The van der Waals surface area contributed by atoms with Crippen molar-refractivity contribution >= 4 is 10.9 Å². The van der Waals surface area contributed by atoms with Crippen LogP contribution in [-0.2, 0) is 6.42 Å². The SMILES string of the molecule is COc1ccc2[nH]c(C)c(CCC3CCNC3)c2c1C. The van der Waals surface area contributed by atoms with Crippen molar-refractivity contribution in [1.82, 2.24) is 10.3 Å². The van der Waals surface area contributed by atoms with E-state index in [-0.39, 0.29) is 0 Å². The van der Waals surface area contributed by atoms with Gasteiger partial charge in [-0.15, -0.1) is 0 Å². The van der Waals surface area contributed by atoms with Crippen LogP contribution in [0.3, 0.4) is 0 Å². The Morgan fingerprint density at radius 2 is 2.15 bits per heavy atom. The summed E-state index contributed by atoms with van der Waals surface area (Å²) in [6, 6.07) is 4.19. The zero-order chi connectivity index (χ0) is 14.1. The molecule has 0 radical (unpaired) electrons. The highest BCUT2D eigenvalue weighted by Crippen LogP contribution is 2.32. The average Bonchev–Trinajstić information content (AvgIpc) is 3.04. The Morgan fingerprint density at radius 3 is 2.85 bits per heavy atom. The third-order valence-corrected chi connectivity index (χ3v) is 4.68. The molecular formula is C17H24N2O. The van der Waals surface area contributed by atoms with Crippen molar-refractivity contribution in [3.63, 3.8) is 0 Å². The van der Waals surface area contributed by atoms with E-state index in [1.54, 1.807) is 7.11 Å². The second-order valence-corrected chi connectivity index (χ2v) is 5.94. The van der Waals surface area contributed by atoms with E-state index in [4.69, 9.17) is 4.74 Å². The van der Waals surface area contributed by atoms with Crippen LogP contribution >= 0.6 is 0 Å². The van der Waals surface area contributed by atoms with Crippen molar-refractivity contribution in [3.05, 3.63) is 29.0 Å². The van der Waals surface area contributed by atoms with E-state index in [1.165, 1.54) is 53.7 Å². The number of H-pyrrole nitrogens is 1. The Hall–Kier alpha value is -1.48. The number of rotatable bonds is 4. The predicted molar refractivity (Wildman–Crippen MR) is 83.6 cm³/mol. The lowest BCUT2D eigenvalue weighted by Crippen LogP contribution is -2.09. The van der Waals surface area contributed by atoms with Crippen LogP contribution in [0.5, 0.6) is 5.75 Å². The number of aromatic nitrogens is 1. The molecule has 2 N–H and O–H groups in total. The number of aryl methyl sites for hydroxylation is 3. The zero-order valence-electron chi connectivity index (χ0n) is 12.7. The van der Waals surface area contributed by atoms with Gasteiger partial charge in [-0.3, -0.25) is 0 Å². The van der Waals surface area contributed by atoms with E-state index in [9.17, 15) is 0 Å². The maximum absolute atomic E-state index is 5.47. The molecular weight excluding hydrogens is 248 g/mol. The van der Waals surface area contributed by atoms with Gasteiger partial charge in [-0.05, 0) is 69.8 Å². The summed E-state index contributed by atoms with van der Waals surface area (Å²) in [5, 5.41) is 4.82. The number of ether oxygens (including phenoxy) is 1. The topological polar surface area (TPSA) is 37.0 Å². The van der Waals surface area contributed by atoms with Crippen molar-refractivity contribution in [2.24, 2.45) is 5.92 Å². The minimum Gasteiger partial charge on any atom is -0.496 e. The van der Waals surface area contributed by atoms with Crippen molar-refractivity contribution in [2.75, 3.05) is 20.2 Å². The molecule has 1 fully saturated rings. The predicted octanol–water partition coefficient (Wildman–Crippen LogP) is 3.34. The number of methoxy groups -OCH3 is 1. The minimum absolute atomic E-state index is 0.838. The van der Waals surface area contributed by atoms with Crippen LogP contribution in [0.25, 0.3) is 10.9 Å². The molecule has 2 heterocycles. The molecule has 0 bridgehead atoms. The van der Waals surface area contributed by atoms with Gasteiger partial charge in [0.15, 0.2) is 0 Å². The van der Waals surface area contributed by atoms with E-state index in [0.29, 0.717) is 0 Å². The Kier molecular flexibility index (Phi) is 3.70. The van der Waals surface area contributed by atoms with Gasteiger partial charge in [-0.25, -0.2) is 0 Å². The quantitative estimate of drug-likeness (QED) is 0.895. The summed E-state index contributed by atoms with van der Waals surface area (Å²) >= 11 is 0. The van der Waals surface area contributed by atoms with Crippen LogP contribution in [0.15, 0.2) is 12.1 Å². The van der Waals surface area contributed by atoms with Crippen LogP contribution in [0, 0.1) is 19.8 Å². The molecule has 1 aromatic carbocycles. The van der Waals surface area contributed by atoms with Gasteiger partial charge in [0.1, 0.15) is 5.75 Å². The molecule has 1 unspecified atom stereocenters. The highest BCUT2D eigenvalue weighted by atomic mass is 16.5. The molecule has 20 heavy (non-hydrogen) atoms. The minimum atomic E-state index is 0.838. The summed E-state index contributed by atoms with van der Waals surface area (Å²) in [4.78, 5) is 3.52.